The van der Waals surface area contributed by atoms with Crippen molar-refractivity contribution in [3.63, 3.8) is 0 Å². The second-order valence-electron chi connectivity index (χ2n) is 7.11. The lowest BCUT2D eigenvalue weighted by molar-refractivity contribution is 0.301. The zero-order valence-corrected chi connectivity index (χ0v) is 17.5. The summed E-state index contributed by atoms with van der Waals surface area (Å²) in [6, 6.07) is 7.59. The molecule has 3 N–H and O–H groups in total. The molecule has 5 aromatic rings. The van der Waals surface area contributed by atoms with Gasteiger partial charge in [-0.15, -0.1) is 0 Å². The van der Waals surface area contributed by atoms with Gasteiger partial charge in [-0.1, -0.05) is 0 Å². The fourth-order valence-corrected chi connectivity index (χ4v) is 3.57. The number of fused-ring (bicyclic) bond motifs is 3. The highest BCUT2D eigenvalue weighted by Crippen LogP contribution is 2.37. The van der Waals surface area contributed by atoms with Gasteiger partial charge in [0, 0.05) is 34.8 Å². The van der Waals surface area contributed by atoms with E-state index < -0.39 is 0 Å². The molecular formula is C23H20N6O3. The van der Waals surface area contributed by atoms with Gasteiger partial charge in [0.05, 0.1) is 49.8 Å². The average Bonchev–Trinajstić information content (AvgIpc) is 3.35. The van der Waals surface area contributed by atoms with Crippen LogP contribution >= 0.6 is 0 Å². The van der Waals surface area contributed by atoms with E-state index in [9.17, 15) is 0 Å². The molecule has 0 amide bonds. The number of hydrogen-bond donors (Lipinski definition) is 2. The van der Waals surface area contributed by atoms with Crippen LogP contribution in [0.2, 0.25) is 0 Å². The van der Waals surface area contributed by atoms with Crippen molar-refractivity contribution >= 4 is 27.5 Å². The van der Waals surface area contributed by atoms with Crippen LogP contribution in [0.3, 0.4) is 0 Å². The van der Waals surface area contributed by atoms with Crippen LogP contribution in [0.4, 0.5) is 5.82 Å². The van der Waals surface area contributed by atoms with Gasteiger partial charge < -0.3 is 24.9 Å². The lowest BCUT2D eigenvalue weighted by Gasteiger charge is -2.12. The van der Waals surface area contributed by atoms with Crippen LogP contribution in [0.25, 0.3) is 32.9 Å². The van der Waals surface area contributed by atoms with Crippen molar-refractivity contribution in [1.82, 2.24) is 24.9 Å². The largest absolute Gasteiger partial charge is 0.493 e. The number of hydrogen-bond acceptors (Lipinski definition) is 8. The van der Waals surface area contributed by atoms with E-state index in [0.717, 1.165) is 32.9 Å². The predicted molar refractivity (Wildman–Crippen MR) is 121 cm³/mol. The second kappa shape index (κ2) is 8.03. The molecule has 0 fully saturated rings. The minimum atomic E-state index is 0.357. The van der Waals surface area contributed by atoms with Crippen LogP contribution in [-0.2, 0) is 6.61 Å². The molecule has 0 saturated heterocycles. The van der Waals surface area contributed by atoms with E-state index in [4.69, 9.17) is 19.9 Å². The predicted octanol–water partition coefficient (Wildman–Crippen LogP) is 3.75. The van der Waals surface area contributed by atoms with Gasteiger partial charge in [-0.3, -0.25) is 9.97 Å². The molecule has 0 spiro atoms. The molecule has 0 atom stereocenters. The number of rotatable bonds is 6. The molecule has 5 rings (SSSR count). The van der Waals surface area contributed by atoms with Crippen molar-refractivity contribution in [1.29, 1.82) is 0 Å². The molecule has 160 valence electrons. The number of H-pyrrole nitrogens is 1. The lowest BCUT2D eigenvalue weighted by atomic mass is 10.0. The van der Waals surface area contributed by atoms with Gasteiger partial charge >= 0.3 is 0 Å². The normalized spacial score (nSPS) is 11.1. The average molecular weight is 428 g/mol. The standard InChI is InChI=1S/C23H20N6O3/c1-30-21-5-17-16-4-19(29-23(24)18(16)10-27-20(17)6-22(21)31-2)13-3-15(9-25-7-13)32-11-14-8-26-12-28-14/h3-10,12H,11H2,1-2H3,(H2,24,29)(H,26,28). The summed E-state index contributed by atoms with van der Waals surface area (Å²) in [5.74, 6) is 2.22. The quantitative estimate of drug-likeness (QED) is 0.392. The van der Waals surface area contributed by atoms with Crippen molar-refractivity contribution < 1.29 is 14.2 Å². The SMILES string of the molecule is COc1cc2ncc3c(N)nc(-c4cncc(OCc5cnc[nH]5)c4)cc3c2cc1OC. The van der Waals surface area contributed by atoms with Crippen LogP contribution in [0.1, 0.15) is 5.69 Å². The summed E-state index contributed by atoms with van der Waals surface area (Å²) >= 11 is 0. The maximum atomic E-state index is 6.30. The number of nitrogens with one attached hydrogen (secondary N) is 1. The molecule has 4 aromatic heterocycles. The third kappa shape index (κ3) is 3.49. The van der Waals surface area contributed by atoms with E-state index in [1.165, 1.54) is 0 Å². The Labute approximate surface area is 183 Å². The van der Waals surface area contributed by atoms with E-state index in [1.54, 1.807) is 45.3 Å². The van der Waals surface area contributed by atoms with Gasteiger partial charge in [0.1, 0.15) is 18.2 Å². The molecule has 0 saturated carbocycles. The first kappa shape index (κ1) is 19.6. The van der Waals surface area contributed by atoms with Crippen LogP contribution in [0.5, 0.6) is 17.2 Å². The topological polar surface area (TPSA) is 121 Å². The molecule has 9 heteroatoms. The van der Waals surface area contributed by atoms with Gasteiger partial charge in [-0.05, 0) is 23.6 Å². The molecule has 0 bridgehead atoms. The molecule has 9 nitrogen and oxygen atoms in total. The number of nitrogen functional groups attached to an aromatic ring is 1. The Kier molecular flexibility index (Phi) is 4.91. The first-order valence-electron chi connectivity index (χ1n) is 9.82. The number of nitrogens with zero attached hydrogens (tertiary/aromatic N) is 4. The first-order chi connectivity index (χ1) is 15.7. The minimum Gasteiger partial charge on any atom is -0.493 e. The number of nitrogens with two attached hydrogens (primary N) is 1. The molecular weight excluding hydrogens is 408 g/mol. The van der Waals surface area contributed by atoms with Crippen molar-refractivity contribution in [2.45, 2.75) is 6.61 Å². The highest BCUT2D eigenvalue weighted by molar-refractivity contribution is 6.10. The van der Waals surface area contributed by atoms with E-state index in [1.807, 2.05) is 24.3 Å². The Morgan fingerprint density at radius 3 is 2.50 bits per heavy atom. The maximum absolute atomic E-state index is 6.30. The number of ether oxygens (including phenoxy) is 3. The molecule has 0 aliphatic carbocycles. The minimum absolute atomic E-state index is 0.357. The Hall–Kier alpha value is -4.40. The summed E-state index contributed by atoms with van der Waals surface area (Å²) in [4.78, 5) is 20.4. The summed E-state index contributed by atoms with van der Waals surface area (Å²) in [5.41, 5.74) is 9.40. The van der Waals surface area contributed by atoms with Crippen LogP contribution in [0.15, 0.2) is 55.4 Å². The zero-order chi connectivity index (χ0) is 22.1. The number of aromatic amines is 1. The summed E-state index contributed by atoms with van der Waals surface area (Å²) in [6.07, 6.45) is 8.42. The molecule has 0 aliphatic rings. The Morgan fingerprint density at radius 2 is 1.72 bits per heavy atom. The van der Waals surface area contributed by atoms with Gasteiger partial charge in [-0.2, -0.15) is 0 Å². The lowest BCUT2D eigenvalue weighted by Crippen LogP contribution is -1.98. The monoisotopic (exact) mass is 428 g/mol. The van der Waals surface area contributed by atoms with Crippen LogP contribution < -0.4 is 19.9 Å². The number of anilines is 1. The summed E-state index contributed by atoms with van der Waals surface area (Å²) in [5, 5.41) is 2.55. The van der Waals surface area contributed by atoms with Gasteiger partial charge in [0.15, 0.2) is 11.5 Å². The van der Waals surface area contributed by atoms with Crippen molar-refractivity contribution in [3.05, 3.63) is 61.1 Å². The second-order valence-corrected chi connectivity index (χ2v) is 7.11. The molecule has 0 radical (unpaired) electrons. The molecule has 0 unspecified atom stereocenters. The van der Waals surface area contributed by atoms with E-state index >= 15 is 0 Å². The summed E-state index contributed by atoms with van der Waals surface area (Å²) in [6.45, 7) is 0.357. The summed E-state index contributed by atoms with van der Waals surface area (Å²) in [7, 11) is 3.20. The van der Waals surface area contributed by atoms with Crippen molar-refractivity contribution in [2.75, 3.05) is 20.0 Å². The van der Waals surface area contributed by atoms with Crippen LogP contribution in [0, 0.1) is 0 Å². The number of methoxy groups -OCH3 is 2. The molecule has 4 heterocycles. The van der Waals surface area contributed by atoms with E-state index in [-0.39, 0.29) is 0 Å². The first-order valence-corrected chi connectivity index (χ1v) is 9.82. The van der Waals surface area contributed by atoms with Crippen molar-refractivity contribution in [2.24, 2.45) is 0 Å². The van der Waals surface area contributed by atoms with Gasteiger partial charge in [0.2, 0.25) is 0 Å². The maximum Gasteiger partial charge on any atom is 0.162 e. The molecule has 0 aliphatic heterocycles. The fourth-order valence-electron chi connectivity index (χ4n) is 3.57. The highest BCUT2D eigenvalue weighted by Gasteiger charge is 2.14. The van der Waals surface area contributed by atoms with Gasteiger partial charge in [0.25, 0.3) is 0 Å². The Balaban J connectivity index is 1.60. The highest BCUT2D eigenvalue weighted by atomic mass is 16.5. The molecule has 32 heavy (non-hydrogen) atoms. The molecule has 1 aromatic carbocycles. The van der Waals surface area contributed by atoms with Crippen molar-refractivity contribution in [3.8, 4) is 28.5 Å². The fraction of sp³-hybridized carbons (Fsp3) is 0.130. The van der Waals surface area contributed by atoms with Gasteiger partial charge in [-0.25, -0.2) is 9.97 Å². The number of pyridine rings is 3. The zero-order valence-electron chi connectivity index (χ0n) is 17.5. The third-order valence-electron chi connectivity index (χ3n) is 5.17. The Morgan fingerprint density at radius 1 is 0.875 bits per heavy atom. The summed E-state index contributed by atoms with van der Waals surface area (Å²) < 4.78 is 16.7. The van der Waals surface area contributed by atoms with E-state index in [0.29, 0.717) is 35.4 Å². The number of aromatic nitrogens is 5. The number of benzene rings is 1. The smallest absolute Gasteiger partial charge is 0.162 e. The Bertz CT molecular complexity index is 1420. The van der Waals surface area contributed by atoms with E-state index in [2.05, 4.69) is 24.9 Å². The third-order valence-corrected chi connectivity index (χ3v) is 5.17. The van der Waals surface area contributed by atoms with Crippen LogP contribution in [-0.4, -0.2) is 39.1 Å². The number of imidazole rings is 1.